The summed E-state index contributed by atoms with van der Waals surface area (Å²) in [5.41, 5.74) is -1.07. The molecule has 0 saturated heterocycles. The third-order valence-electron chi connectivity index (χ3n) is 5.34. The molecule has 0 saturated carbocycles. The van der Waals surface area contributed by atoms with E-state index in [2.05, 4.69) is 9.98 Å². The fraction of sp³-hybridized carbons (Fsp3) is 0.208. The van der Waals surface area contributed by atoms with Gasteiger partial charge in [0.15, 0.2) is 5.49 Å². The minimum Gasteiger partial charge on any atom is -0.462 e. The summed E-state index contributed by atoms with van der Waals surface area (Å²) in [6.45, 7) is 5.15. The van der Waals surface area contributed by atoms with E-state index in [4.69, 9.17) is 16.3 Å². The third-order valence-corrected chi connectivity index (χ3v) is 5.57. The van der Waals surface area contributed by atoms with Gasteiger partial charge in [-0.15, -0.1) is 0 Å². The van der Waals surface area contributed by atoms with Crippen LogP contribution < -0.4 is 11.0 Å². The molecule has 0 unspecified atom stereocenters. The van der Waals surface area contributed by atoms with E-state index in [0.29, 0.717) is 5.65 Å². The Morgan fingerprint density at radius 3 is 2.61 bits per heavy atom. The molecule has 4 rings (SSSR count). The number of rotatable bonds is 5. The Hall–Kier alpha value is -4.38. The van der Waals surface area contributed by atoms with Crippen LogP contribution in [0.1, 0.15) is 47.5 Å². The van der Waals surface area contributed by atoms with Crippen LogP contribution in [0.2, 0.25) is 5.02 Å². The van der Waals surface area contributed by atoms with Gasteiger partial charge < -0.3 is 9.30 Å². The predicted molar refractivity (Wildman–Crippen MR) is 131 cm³/mol. The first-order valence-corrected chi connectivity index (χ1v) is 11.3. The molecule has 184 valence electrons. The molecule has 0 atom stereocenters. The van der Waals surface area contributed by atoms with Gasteiger partial charge in [0.05, 0.1) is 16.9 Å². The van der Waals surface area contributed by atoms with E-state index in [1.54, 1.807) is 45.2 Å². The molecule has 3 aromatic heterocycles. The average molecular weight is 510 g/mol. The number of benzene rings is 1. The summed E-state index contributed by atoms with van der Waals surface area (Å²) in [6.07, 6.45) is 1.55. The topological polar surface area (TPSA) is 138 Å². The number of esters is 1. The SMILES string of the molecule is CCOC(=O)c1cc2c(=O)n3ccccc3nc2n(C(C)C)c1=NC(=O)c1cc(Cl)ccc1[N+](=O)[O-]. The number of hydrogen-bond acceptors (Lipinski definition) is 7. The molecule has 0 radical (unpaired) electrons. The zero-order chi connectivity index (χ0) is 26.1. The van der Waals surface area contributed by atoms with Crippen molar-refractivity contribution in [1.82, 2.24) is 14.0 Å². The van der Waals surface area contributed by atoms with Crippen molar-refractivity contribution >= 4 is 45.8 Å². The first-order chi connectivity index (χ1) is 17.1. The predicted octanol–water partition coefficient (Wildman–Crippen LogP) is 3.71. The summed E-state index contributed by atoms with van der Waals surface area (Å²) < 4.78 is 7.96. The van der Waals surface area contributed by atoms with Crippen LogP contribution in [-0.2, 0) is 4.74 Å². The summed E-state index contributed by atoms with van der Waals surface area (Å²) in [5, 5.41) is 11.7. The number of carbonyl (C=O) groups excluding carboxylic acids is 2. The van der Waals surface area contributed by atoms with Crippen molar-refractivity contribution in [2.24, 2.45) is 4.99 Å². The van der Waals surface area contributed by atoms with E-state index in [0.717, 1.165) is 12.1 Å². The summed E-state index contributed by atoms with van der Waals surface area (Å²) in [6, 6.07) is 9.39. The van der Waals surface area contributed by atoms with E-state index < -0.39 is 34.1 Å². The molecular formula is C24H20ClN5O6. The highest BCUT2D eigenvalue weighted by Gasteiger charge is 2.24. The standard InChI is InChI=1S/C24H20ClN5O6/c1-4-36-24(33)17-12-16-20(26-19-7-5-6-10-28(19)23(16)32)29(13(2)3)21(17)27-22(31)15-11-14(25)8-9-18(15)30(34)35/h5-13H,4H2,1-3H3. The van der Waals surface area contributed by atoms with Gasteiger partial charge in [-0.2, -0.15) is 4.99 Å². The third kappa shape index (κ3) is 4.36. The summed E-state index contributed by atoms with van der Waals surface area (Å²) in [4.78, 5) is 58.9. The lowest BCUT2D eigenvalue weighted by Crippen LogP contribution is -2.33. The second-order valence-electron chi connectivity index (χ2n) is 7.98. The van der Waals surface area contributed by atoms with Crippen molar-refractivity contribution in [2.75, 3.05) is 6.61 Å². The molecule has 11 nitrogen and oxygen atoms in total. The Labute approximate surface area is 208 Å². The van der Waals surface area contributed by atoms with Crippen molar-refractivity contribution in [3.8, 4) is 0 Å². The van der Waals surface area contributed by atoms with Crippen LogP contribution in [0.4, 0.5) is 5.69 Å². The molecule has 36 heavy (non-hydrogen) atoms. The molecule has 1 amide bonds. The van der Waals surface area contributed by atoms with Crippen LogP contribution >= 0.6 is 11.6 Å². The number of hydrogen-bond donors (Lipinski definition) is 0. The van der Waals surface area contributed by atoms with Crippen LogP contribution in [0, 0.1) is 10.1 Å². The number of halogens is 1. The number of aromatic nitrogens is 3. The molecule has 0 aliphatic rings. The maximum atomic E-state index is 13.3. The summed E-state index contributed by atoms with van der Waals surface area (Å²) in [5.74, 6) is -1.82. The van der Waals surface area contributed by atoms with Crippen molar-refractivity contribution in [3.05, 3.63) is 90.8 Å². The first-order valence-electron chi connectivity index (χ1n) is 10.9. The number of nitro groups is 1. The fourth-order valence-electron chi connectivity index (χ4n) is 3.80. The Morgan fingerprint density at radius 2 is 1.94 bits per heavy atom. The molecule has 0 fully saturated rings. The highest BCUT2D eigenvalue weighted by atomic mass is 35.5. The molecule has 0 aliphatic carbocycles. The fourth-order valence-corrected chi connectivity index (χ4v) is 3.97. The zero-order valence-corrected chi connectivity index (χ0v) is 20.2. The second kappa shape index (κ2) is 9.70. The lowest BCUT2D eigenvalue weighted by molar-refractivity contribution is -0.385. The van der Waals surface area contributed by atoms with E-state index in [9.17, 15) is 24.5 Å². The number of nitro benzene ring substituents is 1. The highest BCUT2D eigenvalue weighted by Crippen LogP contribution is 2.24. The van der Waals surface area contributed by atoms with Gasteiger partial charge >= 0.3 is 5.97 Å². The molecule has 0 N–H and O–H groups in total. The van der Waals surface area contributed by atoms with E-state index in [1.807, 2.05) is 0 Å². The molecule has 0 spiro atoms. The Kier molecular flexibility index (Phi) is 6.67. The van der Waals surface area contributed by atoms with Crippen LogP contribution in [-0.4, -0.2) is 37.4 Å². The normalized spacial score (nSPS) is 11.9. The monoisotopic (exact) mass is 509 g/mol. The summed E-state index contributed by atoms with van der Waals surface area (Å²) >= 11 is 5.98. The molecule has 12 heteroatoms. The minimum absolute atomic E-state index is 0.0284. The van der Waals surface area contributed by atoms with Gasteiger partial charge in [0, 0.05) is 23.3 Å². The van der Waals surface area contributed by atoms with Crippen LogP contribution in [0.25, 0.3) is 16.7 Å². The van der Waals surface area contributed by atoms with E-state index >= 15 is 0 Å². The molecule has 3 heterocycles. The number of ether oxygens (including phenoxy) is 1. The summed E-state index contributed by atoms with van der Waals surface area (Å²) in [7, 11) is 0. The minimum atomic E-state index is -0.999. The Morgan fingerprint density at radius 1 is 1.19 bits per heavy atom. The van der Waals surface area contributed by atoms with Gasteiger partial charge in [0.1, 0.15) is 22.4 Å². The number of fused-ring (bicyclic) bond motifs is 2. The quantitative estimate of drug-likeness (QED) is 0.173. The van der Waals surface area contributed by atoms with Gasteiger partial charge in [-0.1, -0.05) is 17.7 Å². The van der Waals surface area contributed by atoms with E-state index in [1.165, 1.54) is 21.1 Å². The lowest BCUT2D eigenvalue weighted by Gasteiger charge is -2.17. The van der Waals surface area contributed by atoms with Gasteiger partial charge in [-0.3, -0.25) is 24.1 Å². The van der Waals surface area contributed by atoms with Gasteiger partial charge in [0.25, 0.3) is 17.2 Å². The smallest absolute Gasteiger partial charge is 0.341 e. The zero-order valence-electron chi connectivity index (χ0n) is 19.5. The van der Waals surface area contributed by atoms with E-state index in [-0.39, 0.29) is 39.3 Å². The lowest BCUT2D eigenvalue weighted by atomic mass is 10.1. The Bertz CT molecular complexity index is 1690. The Balaban J connectivity index is 2.16. The number of amides is 1. The number of carbonyl (C=O) groups is 2. The van der Waals surface area contributed by atoms with Crippen LogP contribution in [0.15, 0.2) is 58.4 Å². The maximum Gasteiger partial charge on any atom is 0.341 e. The second-order valence-corrected chi connectivity index (χ2v) is 8.42. The van der Waals surface area contributed by atoms with Gasteiger partial charge in [-0.25, -0.2) is 9.78 Å². The molecule has 4 aromatic rings. The van der Waals surface area contributed by atoms with Crippen molar-refractivity contribution < 1.29 is 19.2 Å². The van der Waals surface area contributed by atoms with Crippen molar-refractivity contribution in [2.45, 2.75) is 26.8 Å². The number of nitrogens with zero attached hydrogens (tertiary/aromatic N) is 5. The molecule has 1 aromatic carbocycles. The largest absolute Gasteiger partial charge is 0.462 e. The van der Waals surface area contributed by atoms with Gasteiger partial charge in [-0.05, 0) is 51.1 Å². The molecular weight excluding hydrogens is 490 g/mol. The van der Waals surface area contributed by atoms with Crippen LogP contribution in [0.3, 0.4) is 0 Å². The van der Waals surface area contributed by atoms with Crippen LogP contribution in [0.5, 0.6) is 0 Å². The highest BCUT2D eigenvalue weighted by molar-refractivity contribution is 6.31. The van der Waals surface area contributed by atoms with Crippen molar-refractivity contribution in [1.29, 1.82) is 0 Å². The molecule has 0 bridgehead atoms. The average Bonchev–Trinajstić information content (AvgIpc) is 2.83. The molecule has 0 aliphatic heterocycles. The maximum absolute atomic E-state index is 13.3. The van der Waals surface area contributed by atoms with Crippen molar-refractivity contribution in [3.63, 3.8) is 0 Å². The van der Waals surface area contributed by atoms with Gasteiger partial charge in [0.2, 0.25) is 0 Å². The number of pyridine rings is 2. The first kappa shape index (κ1) is 24.7.